The van der Waals surface area contributed by atoms with Gasteiger partial charge < -0.3 is 20.5 Å². The van der Waals surface area contributed by atoms with E-state index < -0.39 is 0 Å². The van der Waals surface area contributed by atoms with Crippen LogP contribution >= 0.6 is 11.6 Å². The van der Waals surface area contributed by atoms with Gasteiger partial charge in [0.15, 0.2) is 0 Å². The van der Waals surface area contributed by atoms with Crippen molar-refractivity contribution in [3.63, 3.8) is 0 Å². The average molecular weight is 293 g/mol. The monoisotopic (exact) mass is 292 g/mol. The van der Waals surface area contributed by atoms with E-state index >= 15 is 0 Å². The van der Waals surface area contributed by atoms with E-state index in [0.717, 1.165) is 16.9 Å². The summed E-state index contributed by atoms with van der Waals surface area (Å²) >= 11 is 6.07. The van der Waals surface area contributed by atoms with E-state index in [1.807, 2.05) is 30.3 Å². The number of methoxy groups -OCH3 is 2. The standard InChI is InChI=1S/C15H17ClN2O2/c1-19-14-8-13(15(20-2)7-12(14)16)18-9-10-3-5-11(17)6-4-10/h3-8,18H,9,17H2,1-2H3. The number of hydrogen-bond donors (Lipinski definition) is 2. The first-order chi connectivity index (χ1) is 9.63. The number of ether oxygens (including phenoxy) is 2. The summed E-state index contributed by atoms with van der Waals surface area (Å²) in [6.45, 7) is 0.654. The molecule has 106 valence electrons. The lowest BCUT2D eigenvalue weighted by Crippen LogP contribution is -2.02. The first-order valence-electron chi connectivity index (χ1n) is 6.14. The molecule has 20 heavy (non-hydrogen) atoms. The van der Waals surface area contributed by atoms with Crippen LogP contribution in [0.3, 0.4) is 0 Å². The van der Waals surface area contributed by atoms with Gasteiger partial charge in [0.05, 0.1) is 24.9 Å². The number of benzene rings is 2. The zero-order valence-electron chi connectivity index (χ0n) is 11.4. The van der Waals surface area contributed by atoms with Gasteiger partial charge in [0, 0.05) is 24.4 Å². The zero-order chi connectivity index (χ0) is 14.5. The molecule has 0 aromatic heterocycles. The van der Waals surface area contributed by atoms with Gasteiger partial charge in [-0.2, -0.15) is 0 Å². The smallest absolute Gasteiger partial charge is 0.143 e. The molecule has 2 aromatic rings. The van der Waals surface area contributed by atoms with Gasteiger partial charge in [-0.15, -0.1) is 0 Å². The number of hydrogen-bond acceptors (Lipinski definition) is 4. The summed E-state index contributed by atoms with van der Waals surface area (Å²) in [4.78, 5) is 0. The Balaban J connectivity index is 2.17. The number of nitrogens with two attached hydrogens (primary N) is 1. The molecule has 0 spiro atoms. The number of anilines is 2. The van der Waals surface area contributed by atoms with Gasteiger partial charge in [0.1, 0.15) is 11.5 Å². The molecule has 0 aliphatic carbocycles. The van der Waals surface area contributed by atoms with Gasteiger partial charge in [-0.1, -0.05) is 23.7 Å². The predicted octanol–water partition coefficient (Wildman–Crippen LogP) is 3.55. The lowest BCUT2D eigenvalue weighted by molar-refractivity contribution is 0.404. The van der Waals surface area contributed by atoms with Crippen LogP contribution in [0.5, 0.6) is 11.5 Å². The Morgan fingerprint density at radius 1 is 1.05 bits per heavy atom. The van der Waals surface area contributed by atoms with Crippen molar-refractivity contribution in [3.8, 4) is 11.5 Å². The van der Waals surface area contributed by atoms with Crippen molar-refractivity contribution in [1.29, 1.82) is 0 Å². The summed E-state index contributed by atoms with van der Waals surface area (Å²) in [5, 5.41) is 3.81. The minimum atomic E-state index is 0.516. The van der Waals surface area contributed by atoms with Gasteiger partial charge in [-0.05, 0) is 17.7 Å². The fourth-order valence-electron chi connectivity index (χ4n) is 1.83. The lowest BCUT2D eigenvalue weighted by Gasteiger charge is -2.14. The molecular weight excluding hydrogens is 276 g/mol. The molecule has 4 nitrogen and oxygen atoms in total. The Morgan fingerprint density at radius 2 is 1.70 bits per heavy atom. The maximum absolute atomic E-state index is 6.07. The minimum absolute atomic E-state index is 0.516. The average Bonchev–Trinajstić information content (AvgIpc) is 2.47. The third-order valence-electron chi connectivity index (χ3n) is 2.94. The van der Waals surface area contributed by atoms with Gasteiger partial charge in [0.2, 0.25) is 0 Å². The second kappa shape index (κ2) is 6.39. The van der Waals surface area contributed by atoms with Crippen LogP contribution in [0.25, 0.3) is 0 Å². The van der Waals surface area contributed by atoms with Crippen LogP contribution in [-0.2, 0) is 6.54 Å². The first-order valence-corrected chi connectivity index (χ1v) is 6.51. The first kappa shape index (κ1) is 14.3. The van der Waals surface area contributed by atoms with E-state index in [-0.39, 0.29) is 0 Å². The Hall–Kier alpha value is -2.07. The second-order valence-corrected chi connectivity index (χ2v) is 4.69. The Kier molecular flexibility index (Phi) is 4.58. The van der Waals surface area contributed by atoms with Crippen molar-refractivity contribution >= 4 is 23.0 Å². The van der Waals surface area contributed by atoms with Crippen molar-refractivity contribution in [2.75, 3.05) is 25.3 Å². The maximum Gasteiger partial charge on any atom is 0.143 e. The molecule has 0 unspecified atom stereocenters. The summed E-state index contributed by atoms with van der Waals surface area (Å²) in [5.74, 6) is 1.28. The highest BCUT2D eigenvalue weighted by Gasteiger charge is 2.09. The summed E-state index contributed by atoms with van der Waals surface area (Å²) in [7, 11) is 3.18. The minimum Gasteiger partial charge on any atom is -0.495 e. The van der Waals surface area contributed by atoms with Crippen LogP contribution in [0.1, 0.15) is 5.56 Å². The topological polar surface area (TPSA) is 56.5 Å². The molecule has 0 bridgehead atoms. The van der Waals surface area contributed by atoms with E-state index in [1.165, 1.54) is 0 Å². The molecule has 0 heterocycles. The normalized spacial score (nSPS) is 10.2. The van der Waals surface area contributed by atoms with Gasteiger partial charge in [0.25, 0.3) is 0 Å². The molecule has 0 amide bonds. The molecule has 0 saturated heterocycles. The Labute approximate surface area is 123 Å². The van der Waals surface area contributed by atoms with Crippen molar-refractivity contribution in [1.82, 2.24) is 0 Å². The van der Waals surface area contributed by atoms with Gasteiger partial charge >= 0.3 is 0 Å². The van der Waals surface area contributed by atoms with Gasteiger partial charge in [-0.25, -0.2) is 0 Å². The molecule has 0 fully saturated rings. The number of nitrogens with one attached hydrogen (secondary N) is 1. The zero-order valence-corrected chi connectivity index (χ0v) is 12.2. The van der Waals surface area contributed by atoms with Crippen LogP contribution in [0.15, 0.2) is 36.4 Å². The molecule has 0 radical (unpaired) electrons. The predicted molar refractivity (Wildman–Crippen MR) is 82.7 cm³/mol. The SMILES string of the molecule is COc1cc(NCc2ccc(N)cc2)c(OC)cc1Cl. The second-order valence-electron chi connectivity index (χ2n) is 4.28. The van der Waals surface area contributed by atoms with Crippen LogP contribution in [-0.4, -0.2) is 14.2 Å². The Bertz CT molecular complexity index is 585. The van der Waals surface area contributed by atoms with E-state index in [2.05, 4.69) is 5.32 Å². The third-order valence-corrected chi connectivity index (χ3v) is 3.23. The number of rotatable bonds is 5. The van der Waals surface area contributed by atoms with Gasteiger partial charge in [-0.3, -0.25) is 0 Å². The quantitative estimate of drug-likeness (QED) is 0.828. The van der Waals surface area contributed by atoms with Crippen molar-refractivity contribution in [3.05, 3.63) is 47.0 Å². The van der Waals surface area contributed by atoms with E-state index in [4.69, 9.17) is 26.8 Å². The van der Waals surface area contributed by atoms with Crippen LogP contribution in [0.2, 0.25) is 5.02 Å². The molecule has 0 atom stereocenters. The highest BCUT2D eigenvalue weighted by molar-refractivity contribution is 6.32. The van der Waals surface area contributed by atoms with Crippen molar-refractivity contribution < 1.29 is 9.47 Å². The van der Waals surface area contributed by atoms with E-state index in [0.29, 0.717) is 23.1 Å². The highest BCUT2D eigenvalue weighted by atomic mass is 35.5. The van der Waals surface area contributed by atoms with Crippen LogP contribution in [0.4, 0.5) is 11.4 Å². The molecule has 2 aromatic carbocycles. The third kappa shape index (κ3) is 3.27. The fraction of sp³-hybridized carbons (Fsp3) is 0.200. The molecule has 5 heteroatoms. The summed E-state index contributed by atoms with van der Waals surface area (Å²) in [6, 6.07) is 11.2. The molecular formula is C15H17ClN2O2. The Morgan fingerprint density at radius 3 is 2.30 bits per heavy atom. The number of halogens is 1. The molecule has 0 aliphatic rings. The van der Waals surface area contributed by atoms with Crippen LogP contribution < -0.4 is 20.5 Å². The summed E-state index contributed by atoms with van der Waals surface area (Å²) in [5.41, 5.74) is 8.36. The van der Waals surface area contributed by atoms with Crippen molar-refractivity contribution in [2.24, 2.45) is 0 Å². The summed E-state index contributed by atoms with van der Waals surface area (Å²) in [6.07, 6.45) is 0. The fourth-order valence-corrected chi connectivity index (χ4v) is 2.06. The number of nitrogen functional groups attached to an aromatic ring is 1. The van der Waals surface area contributed by atoms with E-state index in [9.17, 15) is 0 Å². The molecule has 0 saturated carbocycles. The molecule has 3 N–H and O–H groups in total. The lowest BCUT2D eigenvalue weighted by atomic mass is 10.2. The highest BCUT2D eigenvalue weighted by Crippen LogP contribution is 2.36. The summed E-state index contributed by atoms with van der Waals surface area (Å²) < 4.78 is 10.5. The molecule has 0 aliphatic heterocycles. The van der Waals surface area contributed by atoms with Crippen LogP contribution in [0, 0.1) is 0 Å². The molecule has 2 rings (SSSR count). The maximum atomic E-state index is 6.07. The van der Waals surface area contributed by atoms with Crippen molar-refractivity contribution in [2.45, 2.75) is 6.54 Å². The largest absolute Gasteiger partial charge is 0.495 e. The van der Waals surface area contributed by atoms with E-state index in [1.54, 1.807) is 20.3 Å².